The fraction of sp³-hybridized carbons (Fsp3) is 0.235. The summed E-state index contributed by atoms with van der Waals surface area (Å²) in [5.74, 6) is 0.679. The molecule has 0 saturated carbocycles. The maximum absolute atomic E-state index is 10.7. The van der Waals surface area contributed by atoms with Crippen LogP contribution in [0.3, 0.4) is 0 Å². The molecule has 4 nitrogen and oxygen atoms in total. The average molecular weight is 379 g/mol. The summed E-state index contributed by atoms with van der Waals surface area (Å²) in [6, 6.07) is 7.72. The van der Waals surface area contributed by atoms with Crippen LogP contribution in [0, 0.1) is 6.92 Å². The van der Waals surface area contributed by atoms with Gasteiger partial charge < -0.3 is 5.11 Å². The van der Waals surface area contributed by atoms with Crippen molar-refractivity contribution in [1.82, 2.24) is 9.97 Å². The molecule has 2 heterocycles. The van der Waals surface area contributed by atoms with E-state index in [1.807, 2.05) is 31.2 Å². The van der Waals surface area contributed by atoms with Crippen molar-refractivity contribution in [3.63, 3.8) is 0 Å². The molecule has 1 aromatic carbocycles. The number of aromatic nitrogens is 2. The number of hydrogen-bond acceptors (Lipinski definition) is 5. The molecule has 124 valence electrons. The van der Waals surface area contributed by atoms with Gasteiger partial charge in [-0.05, 0) is 31.0 Å². The number of carbonyl (C=O) groups is 1. The molecule has 1 N–H and O–H groups in total. The van der Waals surface area contributed by atoms with Gasteiger partial charge in [-0.2, -0.15) is 0 Å². The van der Waals surface area contributed by atoms with Crippen LogP contribution in [-0.2, 0) is 4.79 Å². The summed E-state index contributed by atoms with van der Waals surface area (Å²) in [4.78, 5) is 20.7. The topological polar surface area (TPSA) is 63.1 Å². The number of benzene rings is 1. The van der Waals surface area contributed by atoms with E-state index in [2.05, 4.69) is 15.3 Å². The highest BCUT2D eigenvalue weighted by atomic mass is 35.5. The van der Waals surface area contributed by atoms with Gasteiger partial charge in [0.2, 0.25) is 0 Å². The van der Waals surface area contributed by atoms with Crippen LogP contribution in [0.4, 0.5) is 0 Å². The number of fused-ring (bicyclic) bond motifs is 1. The van der Waals surface area contributed by atoms with Crippen LogP contribution in [0.1, 0.15) is 18.7 Å². The van der Waals surface area contributed by atoms with Gasteiger partial charge in [0.05, 0.1) is 5.39 Å². The molecule has 2 aromatic heterocycles. The first kappa shape index (κ1) is 17.2. The fourth-order valence-corrected chi connectivity index (χ4v) is 4.56. The molecule has 24 heavy (non-hydrogen) atoms. The first-order valence-corrected chi connectivity index (χ1v) is 9.65. The van der Waals surface area contributed by atoms with Crippen LogP contribution in [0.25, 0.3) is 21.3 Å². The van der Waals surface area contributed by atoms with E-state index in [9.17, 15) is 4.79 Å². The summed E-state index contributed by atoms with van der Waals surface area (Å²) in [6.45, 7) is 1.88. The Morgan fingerprint density at radius 1 is 1.29 bits per heavy atom. The van der Waals surface area contributed by atoms with Crippen LogP contribution >= 0.6 is 34.7 Å². The third-order valence-electron chi connectivity index (χ3n) is 3.44. The smallest absolute Gasteiger partial charge is 0.303 e. The van der Waals surface area contributed by atoms with Crippen molar-refractivity contribution in [2.75, 3.05) is 5.75 Å². The number of halogens is 1. The molecule has 3 rings (SSSR count). The lowest BCUT2D eigenvalue weighted by Crippen LogP contribution is -1.96. The number of aliphatic carboxylic acids is 1. The van der Waals surface area contributed by atoms with Crippen molar-refractivity contribution in [2.45, 2.75) is 24.8 Å². The highest BCUT2D eigenvalue weighted by molar-refractivity contribution is 7.99. The van der Waals surface area contributed by atoms with Gasteiger partial charge in [0, 0.05) is 28.1 Å². The predicted molar refractivity (Wildman–Crippen MR) is 100 cm³/mol. The minimum absolute atomic E-state index is 0.174. The third-order valence-corrected chi connectivity index (χ3v) is 5.63. The molecule has 0 radical (unpaired) electrons. The second kappa shape index (κ2) is 7.51. The van der Waals surface area contributed by atoms with E-state index >= 15 is 0 Å². The Morgan fingerprint density at radius 2 is 2.04 bits per heavy atom. The van der Waals surface area contributed by atoms with Crippen molar-refractivity contribution in [2.24, 2.45) is 0 Å². The lowest BCUT2D eigenvalue weighted by molar-refractivity contribution is -0.137. The SMILES string of the molecule is Cc1nc(SCCCC(=O)O)c2c(-c3ccc(Cl)cc3)csc2n1. The van der Waals surface area contributed by atoms with Crippen molar-refractivity contribution in [3.05, 3.63) is 40.5 Å². The van der Waals surface area contributed by atoms with E-state index in [4.69, 9.17) is 16.7 Å². The zero-order valence-corrected chi connectivity index (χ0v) is 15.3. The van der Waals surface area contributed by atoms with Crippen molar-refractivity contribution < 1.29 is 9.90 Å². The van der Waals surface area contributed by atoms with Gasteiger partial charge in [-0.25, -0.2) is 9.97 Å². The number of carboxylic acid groups (broad SMARTS) is 1. The quantitative estimate of drug-likeness (QED) is 0.359. The molecule has 0 fully saturated rings. The standard InChI is InChI=1S/C17H15ClN2O2S2/c1-10-19-16(23-8-2-3-14(21)22)15-13(9-24-17(15)20-10)11-4-6-12(18)7-5-11/h4-7,9H,2-3,8H2,1H3,(H,21,22). The normalized spacial score (nSPS) is 11.1. The summed E-state index contributed by atoms with van der Waals surface area (Å²) in [5.41, 5.74) is 2.16. The van der Waals surface area contributed by atoms with Crippen molar-refractivity contribution in [1.29, 1.82) is 0 Å². The highest BCUT2D eigenvalue weighted by Gasteiger charge is 2.15. The van der Waals surface area contributed by atoms with Crippen LogP contribution in [0.5, 0.6) is 0 Å². The maximum Gasteiger partial charge on any atom is 0.303 e. The Hall–Kier alpha value is -1.63. The number of rotatable bonds is 6. The first-order valence-electron chi connectivity index (χ1n) is 7.41. The molecule has 0 aliphatic heterocycles. The van der Waals surface area contributed by atoms with E-state index < -0.39 is 5.97 Å². The summed E-state index contributed by atoms with van der Waals surface area (Å²) >= 11 is 9.16. The average Bonchev–Trinajstić information content (AvgIpc) is 2.95. The molecule has 0 spiro atoms. The van der Waals surface area contributed by atoms with E-state index in [0.29, 0.717) is 17.2 Å². The van der Waals surface area contributed by atoms with Gasteiger partial charge in [0.25, 0.3) is 0 Å². The number of carboxylic acids is 1. The Bertz CT molecular complexity index is 878. The minimum atomic E-state index is -0.767. The van der Waals surface area contributed by atoms with Crippen LogP contribution in [0.15, 0.2) is 34.7 Å². The Kier molecular flexibility index (Phi) is 5.38. The fourth-order valence-electron chi connectivity index (χ4n) is 2.35. The molecule has 0 aliphatic rings. The molecule has 0 unspecified atom stereocenters. The molecule has 0 aliphatic carbocycles. The van der Waals surface area contributed by atoms with E-state index in [1.165, 1.54) is 0 Å². The second-order valence-electron chi connectivity index (χ2n) is 5.26. The van der Waals surface area contributed by atoms with Crippen LogP contribution in [-0.4, -0.2) is 26.8 Å². The van der Waals surface area contributed by atoms with Crippen LogP contribution in [0.2, 0.25) is 5.02 Å². The van der Waals surface area contributed by atoms with Gasteiger partial charge in [0.15, 0.2) is 0 Å². The van der Waals surface area contributed by atoms with Crippen molar-refractivity contribution in [3.8, 4) is 11.1 Å². The Morgan fingerprint density at radius 3 is 2.75 bits per heavy atom. The van der Waals surface area contributed by atoms with Gasteiger partial charge in [-0.1, -0.05) is 23.7 Å². The molecule has 3 aromatic rings. The monoisotopic (exact) mass is 378 g/mol. The zero-order valence-electron chi connectivity index (χ0n) is 13.0. The Labute approximate surface area is 152 Å². The van der Waals surface area contributed by atoms with Crippen molar-refractivity contribution >= 4 is 50.9 Å². The number of nitrogens with zero attached hydrogens (tertiary/aromatic N) is 2. The zero-order chi connectivity index (χ0) is 17.1. The largest absolute Gasteiger partial charge is 0.481 e. The summed E-state index contributed by atoms with van der Waals surface area (Å²) in [5, 5.41) is 13.5. The molecule has 0 amide bonds. The lowest BCUT2D eigenvalue weighted by atomic mass is 10.1. The van der Waals surface area contributed by atoms with Gasteiger partial charge >= 0.3 is 5.97 Å². The van der Waals surface area contributed by atoms with E-state index in [1.54, 1.807) is 23.1 Å². The molecule has 0 bridgehead atoms. The molecular weight excluding hydrogens is 364 g/mol. The number of hydrogen-bond donors (Lipinski definition) is 1. The number of thiophene rings is 1. The maximum atomic E-state index is 10.7. The minimum Gasteiger partial charge on any atom is -0.481 e. The second-order valence-corrected chi connectivity index (χ2v) is 7.64. The van der Waals surface area contributed by atoms with Crippen LogP contribution < -0.4 is 0 Å². The predicted octanol–water partition coefficient (Wildman–Crippen LogP) is 5.28. The third kappa shape index (κ3) is 3.88. The summed E-state index contributed by atoms with van der Waals surface area (Å²) < 4.78 is 0. The van der Waals surface area contributed by atoms with Gasteiger partial charge in [-0.3, -0.25) is 4.79 Å². The molecular formula is C17H15ClN2O2S2. The number of aryl methyl sites for hydroxylation is 1. The number of thioether (sulfide) groups is 1. The molecule has 0 saturated heterocycles. The van der Waals surface area contributed by atoms with E-state index in [-0.39, 0.29) is 6.42 Å². The molecule has 0 atom stereocenters. The summed E-state index contributed by atoms with van der Waals surface area (Å²) in [7, 11) is 0. The van der Waals surface area contributed by atoms with E-state index in [0.717, 1.165) is 32.2 Å². The summed E-state index contributed by atoms with van der Waals surface area (Å²) in [6.07, 6.45) is 0.791. The Balaban J connectivity index is 1.96. The lowest BCUT2D eigenvalue weighted by Gasteiger charge is -2.06. The molecule has 7 heteroatoms. The highest BCUT2D eigenvalue weighted by Crippen LogP contribution is 2.38. The van der Waals surface area contributed by atoms with Gasteiger partial charge in [-0.15, -0.1) is 23.1 Å². The van der Waals surface area contributed by atoms with Gasteiger partial charge in [0.1, 0.15) is 15.7 Å². The first-order chi connectivity index (χ1) is 11.5.